The third-order valence-corrected chi connectivity index (χ3v) is 5.74. The zero-order chi connectivity index (χ0) is 21.8. The topological polar surface area (TPSA) is 59.7 Å². The summed E-state index contributed by atoms with van der Waals surface area (Å²) in [7, 11) is 1.66. The number of methoxy groups -OCH3 is 1. The van der Waals surface area contributed by atoms with Gasteiger partial charge in [-0.3, -0.25) is 4.79 Å². The first-order chi connectivity index (χ1) is 15.1. The Morgan fingerprint density at radius 2 is 1.81 bits per heavy atom. The van der Waals surface area contributed by atoms with Gasteiger partial charge in [0.25, 0.3) is 0 Å². The average molecular weight is 417 g/mol. The van der Waals surface area contributed by atoms with Gasteiger partial charge >= 0.3 is 0 Å². The molecule has 0 aliphatic heterocycles. The van der Waals surface area contributed by atoms with E-state index in [0.29, 0.717) is 32.5 Å². The number of benzene rings is 2. The minimum Gasteiger partial charge on any atom is -0.383 e. The highest BCUT2D eigenvalue weighted by atomic mass is 16.5. The van der Waals surface area contributed by atoms with Crippen molar-refractivity contribution < 1.29 is 9.53 Å². The van der Waals surface area contributed by atoms with Crippen molar-refractivity contribution in [1.29, 1.82) is 0 Å². The maximum Gasteiger partial charge on any atom is 0.223 e. The monoisotopic (exact) mass is 416 g/mol. The summed E-state index contributed by atoms with van der Waals surface area (Å²) in [5.74, 6) is 0.116. The molecule has 4 rings (SSSR count). The Morgan fingerprint density at radius 1 is 1.06 bits per heavy atom. The van der Waals surface area contributed by atoms with Crippen molar-refractivity contribution in [2.24, 2.45) is 0 Å². The van der Waals surface area contributed by atoms with Crippen molar-refractivity contribution in [3.05, 3.63) is 77.1 Å². The van der Waals surface area contributed by atoms with E-state index < -0.39 is 0 Å². The lowest BCUT2D eigenvalue weighted by Gasteiger charge is -2.23. The van der Waals surface area contributed by atoms with Gasteiger partial charge in [-0.15, -0.1) is 0 Å². The van der Waals surface area contributed by atoms with Gasteiger partial charge in [-0.25, -0.2) is 9.50 Å². The number of carbonyl (C=O) groups excluding carboxylic acids is 1. The molecule has 2 aromatic carbocycles. The molecule has 0 unspecified atom stereocenters. The lowest BCUT2D eigenvalue weighted by atomic mass is 10.1. The van der Waals surface area contributed by atoms with E-state index in [4.69, 9.17) is 14.8 Å². The Morgan fingerprint density at radius 3 is 2.58 bits per heavy atom. The number of nitrogens with zero attached hydrogens (tertiary/aromatic N) is 4. The van der Waals surface area contributed by atoms with Crippen LogP contribution in [0.2, 0.25) is 0 Å². The summed E-state index contributed by atoms with van der Waals surface area (Å²) in [6.07, 6.45) is 1.06. The molecule has 2 aromatic heterocycles. The molecule has 6 heteroatoms. The highest BCUT2D eigenvalue weighted by Crippen LogP contribution is 2.23. The van der Waals surface area contributed by atoms with Crippen molar-refractivity contribution in [1.82, 2.24) is 19.5 Å². The molecular weight excluding hydrogens is 388 g/mol. The van der Waals surface area contributed by atoms with E-state index in [1.54, 1.807) is 7.11 Å². The molecule has 2 heterocycles. The van der Waals surface area contributed by atoms with Crippen LogP contribution in [0.3, 0.4) is 0 Å². The molecule has 0 bridgehead atoms. The van der Waals surface area contributed by atoms with Crippen LogP contribution in [-0.2, 0) is 22.5 Å². The molecule has 0 spiro atoms. The van der Waals surface area contributed by atoms with Crippen LogP contribution in [0, 0.1) is 13.8 Å². The second-order valence-corrected chi connectivity index (χ2v) is 7.81. The van der Waals surface area contributed by atoms with Gasteiger partial charge in [0.05, 0.1) is 12.1 Å². The third-order valence-electron chi connectivity index (χ3n) is 5.74. The molecule has 160 valence electrons. The minimum absolute atomic E-state index is 0.116. The van der Waals surface area contributed by atoms with Gasteiger partial charge in [0.2, 0.25) is 5.91 Å². The first kappa shape index (κ1) is 21.0. The second kappa shape index (κ2) is 9.27. The van der Waals surface area contributed by atoms with Crippen molar-refractivity contribution in [2.75, 3.05) is 20.3 Å². The highest BCUT2D eigenvalue weighted by molar-refractivity contribution is 5.92. The summed E-state index contributed by atoms with van der Waals surface area (Å²) >= 11 is 0. The van der Waals surface area contributed by atoms with Gasteiger partial charge < -0.3 is 9.64 Å². The number of fused-ring (bicyclic) bond motifs is 3. The number of aromatic nitrogens is 3. The Labute approximate surface area is 182 Å². The van der Waals surface area contributed by atoms with Crippen molar-refractivity contribution >= 4 is 22.5 Å². The minimum atomic E-state index is 0.116. The molecule has 0 N–H and O–H groups in total. The van der Waals surface area contributed by atoms with Gasteiger partial charge in [0, 0.05) is 43.4 Å². The predicted molar refractivity (Wildman–Crippen MR) is 122 cm³/mol. The molecule has 31 heavy (non-hydrogen) atoms. The molecule has 0 aliphatic rings. The van der Waals surface area contributed by atoms with E-state index in [1.807, 2.05) is 70.9 Å². The van der Waals surface area contributed by atoms with Gasteiger partial charge in [-0.1, -0.05) is 42.5 Å². The Balaban J connectivity index is 1.55. The van der Waals surface area contributed by atoms with Crippen LogP contribution in [0.25, 0.3) is 16.6 Å². The van der Waals surface area contributed by atoms with E-state index in [9.17, 15) is 4.79 Å². The van der Waals surface area contributed by atoms with E-state index in [1.165, 1.54) is 0 Å². The van der Waals surface area contributed by atoms with Crippen LogP contribution < -0.4 is 0 Å². The highest BCUT2D eigenvalue weighted by Gasteiger charge is 2.18. The maximum absolute atomic E-state index is 13.1. The first-order valence-electron chi connectivity index (χ1n) is 10.6. The van der Waals surface area contributed by atoms with E-state index >= 15 is 0 Å². The molecule has 0 saturated heterocycles. The zero-order valence-electron chi connectivity index (χ0n) is 18.3. The maximum atomic E-state index is 13.1. The smallest absolute Gasteiger partial charge is 0.223 e. The molecule has 0 aliphatic carbocycles. The molecule has 0 fully saturated rings. The Hall–Kier alpha value is -3.25. The van der Waals surface area contributed by atoms with E-state index in [2.05, 4.69) is 6.92 Å². The van der Waals surface area contributed by atoms with Crippen LogP contribution in [0.15, 0.2) is 54.6 Å². The summed E-state index contributed by atoms with van der Waals surface area (Å²) < 4.78 is 7.13. The molecular formula is C25H28N4O2. The molecule has 4 aromatic rings. The fraction of sp³-hybridized carbons (Fsp3) is 0.320. The molecule has 0 radical (unpaired) electrons. The van der Waals surface area contributed by atoms with Crippen molar-refractivity contribution in [3.8, 4) is 0 Å². The molecule has 0 atom stereocenters. The lowest BCUT2D eigenvalue weighted by Crippen LogP contribution is -2.33. The van der Waals surface area contributed by atoms with Gasteiger partial charge in [-0.05, 0) is 43.5 Å². The zero-order valence-corrected chi connectivity index (χ0v) is 18.3. The van der Waals surface area contributed by atoms with Gasteiger partial charge in [0.1, 0.15) is 0 Å². The number of carbonyl (C=O) groups is 1. The summed E-state index contributed by atoms with van der Waals surface area (Å²) in [5, 5.41) is 5.76. The fourth-order valence-corrected chi connectivity index (χ4v) is 4.03. The van der Waals surface area contributed by atoms with Crippen molar-refractivity contribution in [2.45, 2.75) is 33.2 Å². The molecule has 6 nitrogen and oxygen atoms in total. The first-order valence-corrected chi connectivity index (χ1v) is 10.6. The van der Waals surface area contributed by atoms with E-state index in [-0.39, 0.29) is 5.91 Å². The number of ether oxygens (including phenoxy) is 1. The standard InChI is InChI=1S/C25H28N4O2/c1-18-21(19(2)29-25(26-18)22-11-7-8-12-23(22)27-29)13-14-24(30)28(15-16-31-3)17-20-9-5-4-6-10-20/h4-12H,13-17H2,1-3H3. The molecule has 0 saturated carbocycles. The van der Waals surface area contributed by atoms with Crippen molar-refractivity contribution in [3.63, 3.8) is 0 Å². The van der Waals surface area contributed by atoms with E-state index in [0.717, 1.165) is 39.1 Å². The van der Waals surface area contributed by atoms with Crippen LogP contribution in [-0.4, -0.2) is 45.7 Å². The quantitative estimate of drug-likeness (QED) is 0.434. The van der Waals surface area contributed by atoms with Crippen LogP contribution in [0.1, 0.15) is 28.9 Å². The number of aryl methyl sites for hydroxylation is 2. The Bertz CT molecular complexity index is 1200. The normalized spacial score (nSPS) is 11.3. The largest absolute Gasteiger partial charge is 0.383 e. The summed E-state index contributed by atoms with van der Waals surface area (Å²) in [4.78, 5) is 19.8. The third kappa shape index (κ3) is 4.44. The molecule has 1 amide bonds. The summed E-state index contributed by atoms with van der Waals surface area (Å²) in [5.41, 5.74) is 5.99. The van der Waals surface area contributed by atoms with Crippen LogP contribution in [0.4, 0.5) is 0 Å². The number of rotatable bonds is 8. The predicted octanol–water partition coefficient (Wildman–Crippen LogP) is 4.11. The Kier molecular flexibility index (Phi) is 6.28. The number of hydrogen-bond acceptors (Lipinski definition) is 4. The lowest BCUT2D eigenvalue weighted by molar-refractivity contribution is -0.132. The average Bonchev–Trinajstić information content (AvgIpc) is 3.16. The SMILES string of the molecule is COCCN(Cc1ccccc1)C(=O)CCc1c(C)nc2c3ccccc3nn2c1C. The fourth-order valence-electron chi connectivity index (χ4n) is 4.03. The van der Waals surface area contributed by atoms with Gasteiger partial charge in [-0.2, -0.15) is 5.10 Å². The summed E-state index contributed by atoms with van der Waals surface area (Å²) in [6.45, 7) is 5.75. The number of amides is 1. The van der Waals surface area contributed by atoms with Gasteiger partial charge in [0.15, 0.2) is 5.65 Å². The number of hydrogen-bond donors (Lipinski definition) is 0. The second-order valence-electron chi connectivity index (χ2n) is 7.81. The van der Waals surface area contributed by atoms with Crippen LogP contribution >= 0.6 is 0 Å². The summed E-state index contributed by atoms with van der Waals surface area (Å²) in [6, 6.07) is 18.1. The van der Waals surface area contributed by atoms with Crippen LogP contribution in [0.5, 0.6) is 0 Å².